The smallest absolute Gasteiger partial charge is 0.261 e. The molecule has 1 amide bonds. The molecule has 168 valence electrons. The van der Waals surface area contributed by atoms with Crippen LogP contribution in [0.25, 0.3) is 33.5 Å². The van der Waals surface area contributed by atoms with E-state index >= 15 is 0 Å². The summed E-state index contributed by atoms with van der Waals surface area (Å²) in [6, 6.07) is 20.7. The van der Waals surface area contributed by atoms with Gasteiger partial charge in [-0.15, -0.1) is 0 Å². The van der Waals surface area contributed by atoms with Crippen molar-refractivity contribution in [2.75, 3.05) is 12.4 Å². The fraction of sp³-hybridized carbons (Fsp3) is 0.0769. The fourth-order valence-electron chi connectivity index (χ4n) is 3.72. The van der Waals surface area contributed by atoms with E-state index in [9.17, 15) is 4.79 Å². The zero-order valence-electron chi connectivity index (χ0n) is 18.5. The highest BCUT2D eigenvalue weighted by Gasteiger charge is 2.16. The number of amides is 1. The molecule has 0 fully saturated rings. The molecule has 0 atom stereocenters. The van der Waals surface area contributed by atoms with Gasteiger partial charge in [-0.25, -0.2) is 4.98 Å². The van der Waals surface area contributed by atoms with E-state index < -0.39 is 0 Å². The lowest BCUT2D eigenvalue weighted by atomic mass is 10.1. The number of aromatic nitrogens is 2. The minimum Gasteiger partial charge on any atom is -0.496 e. The Bertz CT molecular complexity index is 1530. The normalized spacial score (nSPS) is 10.9. The first kappa shape index (κ1) is 21.5. The van der Waals surface area contributed by atoms with Crippen molar-refractivity contribution in [2.24, 2.45) is 0 Å². The van der Waals surface area contributed by atoms with E-state index in [1.165, 1.54) is 7.11 Å². The number of benzene rings is 3. The largest absolute Gasteiger partial charge is 0.496 e. The summed E-state index contributed by atoms with van der Waals surface area (Å²) in [6.07, 6.45) is 1.68. The van der Waals surface area contributed by atoms with Crippen LogP contribution in [0.1, 0.15) is 15.9 Å². The minimum atomic E-state index is -0.353. The number of thiocarbonyl (C=S) groups is 1. The van der Waals surface area contributed by atoms with Crippen molar-refractivity contribution in [2.45, 2.75) is 6.92 Å². The van der Waals surface area contributed by atoms with Crippen molar-refractivity contribution in [3.8, 4) is 17.2 Å². The third-order valence-electron chi connectivity index (χ3n) is 5.43. The summed E-state index contributed by atoms with van der Waals surface area (Å²) in [5.41, 5.74) is 4.08. The van der Waals surface area contributed by atoms with Crippen molar-refractivity contribution in [1.29, 1.82) is 0 Å². The second kappa shape index (κ2) is 8.92. The number of carbonyl (C=O) groups is 1. The number of carbonyl (C=O) groups excluding carboxylic acids is 1. The molecule has 0 unspecified atom stereocenters. The summed E-state index contributed by atoms with van der Waals surface area (Å²) in [4.78, 5) is 21.6. The van der Waals surface area contributed by atoms with Crippen molar-refractivity contribution < 1.29 is 13.9 Å². The Morgan fingerprint density at radius 2 is 1.82 bits per heavy atom. The Hall–Kier alpha value is -4.30. The molecule has 0 spiro atoms. The van der Waals surface area contributed by atoms with Crippen LogP contribution in [-0.4, -0.2) is 28.1 Å². The predicted molar refractivity (Wildman–Crippen MR) is 136 cm³/mol. The lowest BCUT2D eigenvalue weighted by Crippen LogP contribution is -2.34. The van der Waals surface area contributed by atoms with E-state index in [-0.39, 0.29) is 11.0 Å². The van der Waals surface area contributed by atoms with E-state index in [1.807, 2.05) is 61.5 Å². The summed E-state index contributed by atoms with van der Waals surface area (Å²) < 4.78 is 11.2. The van der Waals surface area contributed by atoms with E-state index in [0.717, 1.165) is 27.6 Å². The maximum atomic E-state index is 12.9. The third-order valence-corrected chi connectivity index (χ3v) is 5.63. The standard InChI is InChI=1S/C26H20N4O3S/c1-15-12-18(25-29-23-21(33-25)8-5-11-27-23)9-10-20(15)28-26(34)30-24(31)19-13-16-6-3-4-7-17(16)14-22(19)32-2/h3-14H,1-2H3,(H2,28,30,31,34). The zero-order chi connectivity index (χ0) is 23.7. The number of hydrogen-bond acceptors (Lipinski definition) is 6. The molecule has 2 heterocycles. The quantitative estimate of drug-likeness (QED) is 0.337. The number of ether oxygens (including phenoxy) is 1. The Morgan fingerprint density at radius 3 is 2.56 bits per heavy atom. The summed E-state index contributed by atoms with van der Waals surface area (Å²) in [6.45, 7) is 1.93. The molecule has 0 saturated heterocycles. The molecule has 2 N–H and O–H groups in total. The van der Waals surface area contributed by atoms with Gasteiger partial charge in [-0.3, -0.25) is 10.1 Å². The predicted octanol–water partition coefficient (Wildman–Crippen LogP) is 5.49. The maximum absolute atomic E-state index is 12.9. The zero-order valence-corrected chi connectivity index (χ0v) is 19.3. The van der Waals surface area contributed by atoms with Crippen LogP contribution < -0.4 is 15.4 Å². The molecule has 7 nitrogen and oxygen atoms in total. The van der Waals surface area contributed by atoms with Crippen LogP contribution in [0.2, 0.25) is 0 Å². The fourth-order valence-corrected chi connectivity index (χ4v) is 3.92. The number of rotatable bonds is 4. The molecule has 34 heavy (non-hydrogen) atoms. The van der Waals surface area contributed by atoms with Crippen molar-refractivity contribution >= 4 is 50.9 Å². The van der Waals surface area contributed by atoms with Crippen LogP contribution in [0.3, 0.4) is 0 Å². The van der Waals surface area contributed by atoms with Crippen LogP contribution in [0.15, 0.2) is 77.3 Å². The highest BCUT2D eigenvalue weighted by atomic mass is 32.1. The minimum absolute atomic E-state index is 0.183. The van der Waals surface area contributed by atoms with Crippen LogP contribution in [0.4, 0.5) is 5.69 Å². The summed E-state index contributed by atoms with van der Waals surface area (Å²) in [7, 11) is 1.54. The van der Waals surface area contributed by atoms with Crippen molar-refractivity contribution in [1.82, 2.24) is 15.3 Å². The van der Waals surface area contributed by atoms with Gasteiger partial charge in [0.25, 0.3) is 5.91 Å². The van der Waals surface area contributed by atoms with Gasteiger partial charge in [0.2, 0.25) is 5.89 Å². The first-order chi connectivity index (χ1) is 16.5. The molecule has 0 radical (unpaired) electrons. The van der Waals surface area contributed by atoms with E-state index in [4.69, 9.17) is 21.4 Å². The highest BCUT2D eigenvalue weighted by Crippen LogP contribution is 2.28. The molecule has 5 aromatic rings. The Morgan fingerprint density at radius 1 is 1.03 bits per heavy atom. The highest BCUT2D eigenvalue weighted by molar-refractivity contribution is 7.80. The van der Waals surface area contributed by atoms with Gasteiger partial charge in [0.05, 0.1) is 12.7 Å². The molecule has 2 aromatic heterocycles. The molecule has 3 aromatic carbocycles. The molecular weight excluding hydrogens is 448 g/mol. The number of fused-ring (bicyclic) bond motifs is 2. The SMILES string of the molecule is COc1cc2ccccc2cc1C(=O)NC(=S)Nc1ccc(-c2nc3ncccc3o2)cc1C. The average molecular weight is 469 g/mol. The van der Waals surface area contributed by atoms with Gasteiger partial charge in [-0.05, 0) is 77.9 Å². The topological polar surface area (TPSA) is 89.3 Å². The molecule has 8 heteroatoms. The van der Waals surface area contributed by atoms with Crippen molar-refractivity contribution in [3.05, 3.63) is 84.1 Å². The van der Waals surface area contributed by atoms with Crippen LogP contribution in [0, 0.1) is 6.92 Å². The third kappa shape index (κ3) is 4.18. The summed E-state index contributed by atoms with van der Waals surface area (Å²) >= 11 is 5.39. The van der Waals surface area contributed by atoms with Gasteiger partial charge in [-0.2, -0.15) is 4.98 Å². The van der Waals surface area contributed by atoms with Gasteiger partial charge in [-0.1, -0.05) is 24.3 Å². The lowest BCUT2D eigenvalue weighted by molar-refractivity contribution is 0.0975. The van der Waals surface area contributed by atoms with Crippen LogP contribution in [-0.2, 0) is 0 Å². The van der Waals surface area contributed by atoms with Gasteiger partial charge in [0.15, 0.2) is 16.3 Å². The number of methoxy groups -OCH3 is 1. The number of pyridine rings is 1. The van der Waals surface area contributed by atoms with Crippen LogP contribution >= 0.6 is 12.2 Å². The number of anilines is 1. The Balaban J connectivity index is 1.32. The van der Waals surface area contributed by atoms with Crippen molar-refractivity contribution in [3.63, 3.8) is 0 Å². The second-order valence-corrected chi connectivity index (χ2v) is 8.09. The van der Waals surface area contributed by atoms with Gasteiger partial charge < -0.3 is 14.5 Å². The number of nitrogens with zero attached hydrogens (tertiary/aromatic N) is 2. The van der Waals surface area contributed by atoms with Gasteiger partial charge in [0, 0.05) is 17.4 Å². The van der Waals surface area contributed by atoms with Gasteiger partial charge >= 0.3 is 0 Å². The molecule has 0 saturated carbocycles. The van der Waals surface area contributed by atoms with E-state index in [2.05, 4.69) is 20.6 Å². The molecule has 0 aliphatic heterocycles. The Kier molecular flexibility index (Phi) is 5.65. The summed E-state index contributed by atoms with van der Waals surface area (Å²) in [5.74, 6) is 0.614. The first-order valence-corrected chi connectivity index (χ1v) is 10.9. The molecular formula is C26H20N4O3S. The first-order valence-electron chi connectivity index (χ1n) is 10.5. The number of nitrogens with one attached hydrogen (secondary N) is 2. The molecule has 0 aliphatic carbocycles. The van der Waals surface area contributed by atoms with E-state index in [0.29, 0.717) is 28.4 Å². The summed E-state index contributed by atoms with van der Waals surface area (Å²) in [5, 5.41) is 7.93. The van der Waals surface area contributed by atoms with Crippen LogP contribution in [0.5, 0.6) is 5.75 Å². The number of aryl methyl sites for hydroxylation is 1. The number of oxazole rings is 1. The monoisotopic (exact) mass is 468 g/mol. The second-order valence-electron chi connectivity index (χ2n) is 7.68. The average Bonchev–Trinajstić information content (AvgIpc) is 3.28. The lowest BCUT2D eigenvalue weighted by Gasteiger charge is -2.14. The molecule has 0 bridgehead atoms. The molecule has 0 aliphatic rings. The van der Waals surface area contributed by atoms with E-state index in [1.54, 1.807) is 18.3 Å². The Labute approximate surface area is 200 Å². The van der Waals surface area contributed by atoms with Gasteiger partial charge in [0.1, 0.15) is 5.75 Å². The number of hydrogen-bond donors (Lipinski definition) is 2. The maximum Gasteiger partial charge on any atom is 0.261 e. The molecule has 5 rings (SSSR count).